The van der Waals surface area contributed by atoms with Gasteiger partial charge in [-0.15, -0.1) is 0 Å². The second-order valence-electron chi connectivity index (χ2n) is 3.79. The number of hydrogen-bond donors (Lipinski definition) is 0. The Kier molecular flexibility index (Phi) is 4.14. The summed E-state index contributed by atoms with van der Waals surface area (Å²) in [5.74, 6) is -0.461. The zero-order valence-corrected chi connectivity index (χ0v) is 12.0. The van der Waals surface area contributed by atoms with Crippen LogP contribution in [-0.4, -0.2) is 27.3 Å². The van der Waals surface area contributed by atoms with Crippen LogP contribution in [0.1, 0.15) is 17.3 Å². The first kappa shape index (κ1) is 14.2. The molecule has 104 valence electrons. The van der Waals surface area contributed by atoms with Crippen LogP contribution < -0.4 is 0 Å². The monoisotopic (exact) mass is 339 g/mol. The number of nitro groups is 1. The van der Waals surface area contributed by atoms with E-state index in [1.54, 1.807) is 13.0 Å². The number of aromatic nitrogens is 2. The summed E-state index contributed by atoms with van der Waals surface area (Å²) in [6, 6.07) is 4.29. The van der Waals surface area contributed by atoms with Crippen molar-refractivity contribution in [3.05, 3.63) is 50.7 Å². The predicted molar refractivity (Wildman–Crippen MR) is 73.9 cm³/mol. The van der Waals surface area contributed by atoms with Gasteiger partial charge >= 0.3 is 5.97 Å². The molecular weight excluding hydrogens is 330 g/mol. The highest BCUT2D eigenvalue weighted by molar-refractivity contribution is 9.10. The number of carbonyl (C=O) groups is 1. The Morgan fingerprint density at radius 1 is 1.55 bits per heavy atom. The Labute approximate surface area is 122 Å². The number of ether oxygens (including phenoxy) is 1. The Bertz CT molecular complexity index is 668. The first-order valence-electron chi connectivity index (χ1n) is 5.69. The van der Waals surface area contributed by atoms with Crippen LogP contribution in [0.5, 0.6) is 0 Å². The van der Waals surface area contributed by atoms with Gasteiger partial charge in [-0.05, 0) is 28.9 Å². The number of non-ortho nitro benzene ring substituents is 1. The zero-order chi connectivity index (χ0) is 14.7. The van der Waals surface area contributed by atoms with Gasteiger partial charge in [0.25, 0.3) is 5.69 Å². The maximum absolute atomic E-state index is 11.5. The standard InChI is InChI=1S/C12H10BrN3O4/c1-2-20-12(17)8-6-14-15(7-8)11-4-3-9(16(18)19)5-10(11)13/h3-7H,2H2,1H3. The van der Waals surface area contributed by atoms with Crippen molar-refractivity contribution in [2.24, 2.45) is 0 Å². The van der Waals surface area contributed by atoms with Crippen molar-refractivity contribution >= 4 is 27.6 Å². The molecule has 0 atom stereocenters. The molecule has 0 N–H and O–H groups in total. The van der Waals surface area contributed by atoms with Crippen molar-refractivity contribution in [1.82, 2.24) is 9.78 Å². The van der Waals surface area contributed by atoms with Crippen molar-refractivity contribution in [2.45, 2.75) is 6.92 Å². The maximum Gasteiger partial charge on any atom is 0.341 e. The molecule has 0 saturated carbocycles. The molecule has 20 heavy (non-hydrogen) atoms. The van der Waals surface area contributed by atoms with Gasteiger partial charge < -0.3 is 4.74 Å². The number of halogens is 1. The quantitative estimate of drug-likeness (QED) is 0.485. The lowest BCUT2D eigenvalue weighted by Crippen LogP contribution is -2.03. The summed E-state index contributed by atoms with van der Waals surface area (Å²) in [6.07, 6.45) is 2.88. The second-order valence-corrected chi connectivity index (χ2v) is 4.64. The molecule has 0 aliphatic rings. The fraction of sp³-hybridized carbons (Fsp3) is 0.167. The van der Waals surface area contributed by atoms with Crippen LogP contribution in [-0.2, 0) is 4.74 Å². The molecule has 0 aliphatic heterocycles. The number of benzene rings is 1. The Balaban J connectivity index is 2.33. The lowest BCUT2D eigenvalue weighted by atomic mass is 10.3. The molecule has 0 amide bonds. The molecule has 0 spiro atoms. The van der Waals surface area contributed by atoms with Crippen molar-refractivity contribution in [2.75, 3.05) is 6.61 Å². The third kappa shape index (κ3) is 2.85. The highest BCUT2D eigenvalue weighted by atomic mass is 79.9. The third-order valence-corrected chi connectivity index (χ3v) is 3.12. The lowest BCUT2D eigenvalue weighted by Gasteiger charge is -2.03. The van der Waals surface area contributed by atoms with Crippen LogP contribution in [0.2, 0.25) is 0 Å². The average Bonchev–Trinajstić information content (AvgIpc) is 2.88. The molecule has 0 fully saturated rings. The summed E-state index contributed by atoms with van der Waals surface area (Å²) in [4.78, 5) is 21.7. The number of carbonyl (C=O) groups excluding carboxylic acids is 1. The predicted octanol–water partition coefficient (Wildman–Crippen LogP) is 2.72. The molecule has 2 aromatic rings. The van der Waals surface area contributed by atoms with Crippen LogP contribution in [0, 0.1) is 10.1 Å². The van der Waals surface area contributed by atoms with Gasteiger partial charge in [0.2, 0.25) is 0 Å². The largest absolute Gasteiger partial charge is 0.462 e. The lowest BCUT2D eigenvalue weighted by molar-refractivity contribution is -0.384. The van der Waals surface area contributed by atoms with E-state index < -0.39 is 10.9 Å². The summed E-state index contributed by atoms with van der Waals surface area (Å²) < 4.78 is 6.81. The summed E-state index contributed by atoms with van der Waals surface area (Å²) in [7, 11) is 0. The molecule has 7 nitrogen and oxygen atoms in total. The van der Waals surface area contributed by atoms with E-state index in [0.29, 0.717) is 15.7 Å². The van der Waals surface area contributed by atoms with Crippen LogP contribution in [0.4, 0.5) is 5.69 Å². The van der Waals surface area contributed by atoms with Crippen molar-refractivity contribution in [3.63, 3.8) is 0 Å². The van der Waals surface area contributed by atoms with Crippen LogP contribution in [0.25, 0.3) is 5.69 Å². The Morgan fingerprint density at radius 2 is 2.30 bits per heavy atom. The first-order valence-corrected chi connectivity index (χ1v) is 6.48. The smallest absolute Gasteiger partial charge is 0.341 e. The molecule has 0 radical (unpaired) electrons. The van der Waals surface area contributed by atoms with Gasteiger partial charge in [0.15, 0.2) is 0 Å². The van der Waals surface area contributed by atoms with E-state index in [4.69, 9.17) is 4.74 Å². The number of rotatable bonds is 4. The number of hydrogen-bond acceptors (Lipinski definition) is 5. The van der Waals surface area contributed by atoms with Crippen molar-refractivity contribution in [3.8, 4) is 5.69 Å². The normalized spacial score (nSPS) is 10.3. The second kappa shape index (κ2) is 5.83. The maximum atomic E-state index is 11.5. The van der Waals surface area contributed by atoms with E-state index in [1.807, 2.05) is 0 Å². The van der Waals surface area contributed by atoms with Gasteiger partial charge in [-0.25, -0.2) is 9.48 Å². The van der Waals surface area contributed by atoms with Gasteiger partial charge in [-0.1, -0.05) is 0 Å². The topological polar surface area (TPSA) is 87.3 Å². The van der Waals surface area contributed by atoms with Gasteiger partial charge in [0, 0.05) is 18.3 Å². The highest BCUT2D eigenvalue weighted by Gasteiger charge is 2.14. The van der Waals surface area contributed by atoms with Crippen molar-refractivity contribution < 1.29 is 14.5 Å². The van der Waals surface area contributed by atoms with Crippen LogP contribution in [0.3, 0.4) is 0 Å². The molecule has 2 rings (SSSR count). The molecule has 8 heteroatoms. The van der Waals surface area contributed by atoms with E-state index in [0.717, 1.165) is 0 Å². The fourth-order valence-corrected chi connectivity index (χ4v) is 2.12. The number of esters is 1. The molecule has 1 aromatic carbocycles. The molecule has 0 unspecified atom stereocenters. The van der Waals surface area contributed by atoms with E-state index in [9.17, 15) is 14.9 Å². The molecule has 0 bridgehead atoms. The van der Waals surface area contributed by atoms with E-state index in [1.165, 1.54) is 29.2 Å². The average molecular weight is 340 g/mol. The number of nitrogens with zero attached hydrogens (tertiary/aromatic N) is 3. The minimum Gasteiger partial charge on any atom is -0.462 e. The molecule has 1 heterocycles. The first-order chi connectivity index (χ1) is 9.52. The molecule has 0 saturated heterocycles. The van der Waals surface area contributed by atoms with Gasteiger partial charge in [-0.2, -0.15) is 5.10 Å². The summed E-state index contributed by atoms with van der Waals surface area (Å²) in [6.45, 7) is 2.00. The molecule has 1 aromatic heterocycles. The summed E-state index contributed by atoms with van der Waals surface area (Å²) in [5.41, 5.74) is 0.877. The van der Waals surface area contributed by atoms with Crippen LogP contribution in [0.15, 0.2) is 35.1 Å². The van der Waals surface area contributed by atoms with E-state index >= 15 is 0 Å². The third-order valence-electron chi connectivity index (χ3n) is 2.48. The Hall–Kier alpha value is -2.22. The molecular formula is C12H10BrN3O4. The number of nitro benzene ring substituents is 1. The minimum absolute atomic E-state index is 0.0293. The highest BCUT2D eigenvalue weighted by Crippen LogP contribution is 2.25. The SMILES string of the molecule is CCOC(=O)c1cnn(-c2ccc([N+](=O)[O-])cc2Br)c1. The van der Waals surface area contributed by atoms with E-state index in [-0.39, 0.29) is 12.3 Å². The fourth-order valence-electron chi connectivity index (χ4n) is 1.57. The van der Waals surface area contributed by atoms with Crippen LogP contribution >= 0.6 is 15.9 Å². The van der Waals surface area contributed by atoms with Gasteiger partial charge in [-0.3, -0.25) is 10.1 Å². The minimum atomic E-state index is -0.484. The summed E-state index contributed by atoms with van der Waals surface area (Å²) >= 11 is 3.25. The summed E-state index contributed by atoms with van der Waals surface area (Å²) in [5, 5.41) is 14.7. The zero-order valence-electron chi connectivity index (χ0n) is 10.4. The van der Waals surface area contributed by atoms with Gasteiger partial charge in [0.05, 0.1) is 33.5 Å². The Morgan fingerprint density at radius 3 is 2.90 bits per heavy atom. The van der Waals surface area contributed by atoms with E-state index in [2.05, 4.69) is 21.0 Å². The van der Waals surface area contributed by atoms with Gasteiger partial charge in [0.1, 0.15) is 0 Å². The van der Waals surface area contributed by atoms with Crippen molar-refractivity contribution in [1.29, 1.82) is 0 Å². The molecule has 0 aliphatic carbocycles.